The zero-order valence-electron chi connectivity index (χ0n) is 14.1. The molecule has 1 aromatic heterocycles. The molecule has 1 aromatic carbocycles. The van der Waals surface area contributed by atoms with Crippen LogP contribution in [0, 0.1) is 12.8 Å². The molecule has 0 saturated carbocycles. The average Bonchev–Trinajstić information content (AvgIpc) is 3.20. The number of para-hydroxylation sites is 1. The lowest BCUT2D eigenvalue weighted by Gasteiger charge is -2.23. The Labute approximate surface area is 145 Å². The van der Waals surface area contributed by atoms with Crippen LogP contribution in [-0.4, -0.2) is 58.5 Å². The highest BCUT2D eigenvalue weighted by molar-refractivity contribution is 5.98. The van der Waals surface area contributed by atoms with Gasteiger partial charge in [0.15, 0.2) is 11.5 Å². The first-order valence-corrected chi connectivity index (χ1v) is 8.48. The number of benzene rings is 1. The normalized spacial score (nSPS) is 22.2. The van der Waals surface area contributed by atoms with E-state index in [1.165, 1.54) is 0 Å². The fraction of sp³-hybridized carbons (Fsp3) is 0.444. The van der Waals surface area contributed by atoms with Crippen molar-refractivity contribution in [1.82, 2.24) is 15.1 Å². The summed E-state index contributed by atoms with van der Waals surface area (Å²) in [5, 5.41) is 17.5. The summed E-state index contributed by atoms with van der Waals surface area (Å²) < 4.78 is 11.2. The number of rotatable bonds is 3. The number of carbonyl (C=O) groups excluding carboxylic acids is 1. The van der Waals surface area contributed by atoms with E-state index in [0.29, 0.717) is 49.8 Å². The largest absolute Gasteiger partial charge is 0.486 e. The molecular formula is C18H21N3O4. The van der Waals surface area contributed by atoms with E-state index in [1.807, 2.05) is 13.0 Å². The molecule has 7 nitrogen and oxygen atoms in total. The molecule has 2 N–H and O–H groups in total. The lowest BCUT2D eigenvalue weighted by molar-refractivity contribution is 0.0754. The topological polar surface area (TPSA) is 87.7 Å². The number of fused-ring (bicyclic) bond motifs is 1. The number of nitrogens with zero attached hydrogens (tertiary/aromatic N) is 2. The monoisotopic (exact) mass is 343 g/mol. The highest BCUT2D eigenvalue weighted by Crippen LogP contribution is 2.35. The van der Waals surface area contributed by atoms with Crippen molar-refractivity contribution in [3.63, 3.8) is 0 Å². The highest BCUT2D eigenvalue weighted by atomic mass is 16.6. The number of hydrogen-bond acceptors (Lipinski definition) is 5. The molecule has 2 atom stereocenters. The number of amides is 1. The second-order valence-electron chi connectivity index (χ2n) is 6.61. The minimum atomic E-state index is -0.558. The number of likely N-dealkylation sites (tertiary alicyclic amines) is 1. The number of H-pyrrole nitrogens is 1. The molecule has 4 rings (SSSR count). The van der Waals surface area contributed by atoms with Crippen LogP contribution >= 0.6 is 0 Å². The molecule has 1 fully saturated rings. The van der Waals surface area contributed by atoms with Gasteiger partial charge in [-0.2, -0.15) is 5.10 Å². The summed E-state index contributed by atoms with van der Waals surface area (Å²) in [6, 6.07) is 7.30. The van der Waals surface area contributed by atoms with E-state index in [-0.39, 0.29) is 11.8 Å². The van der Waals surface area contributed by atoms with Crippen LogP contribution in [0.25, 0.3) is 0 Å². The molecule has 0 radical (unpaired) electrons. The summed E-state index contributed by atoms with van der Waals surface area (Å²) in [5.74, 6) is 0.936. The van der Waals surface area contributed by atoms with Crippen LogP contribution in [0.15, 0.2) is 24.3 Å². The molecule has 25 heavy (non-hydrogen) atoms. The highest BCUT2D eigenvalue weighted by Gasteiger charge is 2.36. The number of nitrogens with one attached hydrogen (secondary N) is 1. The maximum Gasteiger partial charge on any atom is 0.257 e. The van der Waals surface area contributed by atoms with E-state index in [4.69, 9.17) is 9.47 Å². The molecule has 7 heteroatoms. The number of hydrogen-bond donors (Lipinski definition) is 2. The number of aryl methyl sites for hydroxylation is 1. The number of aliphatic hydroxyl groups is 1. The molecule has 0 bridgehead atoms. The Bertz CT molecular complexity index is 788. The fourth-order valence-electron chi connectivity index (χ4n) is 3.48. The molecule has 2 unspecified atom stereocenters. The van der Waals surface area contributed by atoms with E-state index in [2.05, 4.69) is 10.2 Å². The summed E-state index contributed by atoms with van der Waals surface area (Å²) in [6.45, 7) is 3.67. The lowest BCUT2D eigenvalue weighted by atomic mass is 10.00. The molecule has 132 valence electrons. The Balaban J connectivity index is 1.50. The third kappa shape index (κ3) is 3.07. The van der Waals surface area contributed by atoms with Gasteiger partial charge >= 0.3 is 0 Å². The minimum absolute atomic E-state index is 0.0247. The number of β-amino-alcohol motifs (C(OH)–C–C–N with tert-alkyl or cyclic N) is 1. The van der Waals surface area contributed by atoms with Crippen LogP contribution in [0.1, 0.15) is 21.7 Å². The molecule has 0 aliphatic carbocycles. The predicted octanol–water partition coefficient (Wildman–Crippen LogP) is 1.16. The number of aromatic nitrogens is 2. The zero-order chi connectivity index (χ0) is 17.4. The van der Waals surface area contributed by atoms with Crippen molar-refractivity contribution in [2.24, 2.45) is 5.92 Å². The molecule has 2 aliphatic rings. The second kappa shape index (κ2) is 6.40. The Hall–Kier alpha value is -2.54. The average molecular weight is 343 g/mol. The summed E-state index contributed by atoms with van der Waals surface area (Å²) in [7, 11) is 0. The van der Waals surface area contributed by atoms with Gasteiger partial charge in [-0.25, -0.2) is 0 Å². The fourth-order valence-corrected chi connectivity index (χ4v) is 3.48. The van der Waals surface area contributed by atoms with Crippen molar-refractivity contribution < 1.29 is 19.4 Å². The van der Waals surface area contributed by atoms with Crippen LogP contribution in [0.4, 0.5) is 0 Å². The van der Waals surface area contributed by atoms with Gasteiger partial charge in [0.2, 0.25) is 0 Å². The third-order valence-corrected chi connectivity index (χ3v) is 4.72. The molecule has 3 heterocycles. The van der Waals surface area contributed by atoms with Gasteiger partial charge in [0.25, 0.3) is 5.91 Å². The van der Waals surface area contributed by atoms with Crippen molar-refractivity contribution in [2.45, 2.75) is 19.4 Å². The maximum absolute atomic E-state index is 12.9. The lowest BCUT2D eigenvalue weighted by Crippen LogP contribution is -2.30. The summed E-state index contributed by atoms with van der Waals surface area (Å²) in [4.78, 5) is 14.6. The first kappa shape index (κ1) is 16.0. The predicted molar refractivity (Wildman–Crippen MR) is 89.9 cm³/mol. The standard InChI is InChI=1S/C18H21N3O4/c1-11-7-13(20-19-11)8-12-9-21(10-15(12)22)18(23)14-3-2-4-16-17(14)25-6-5-24-16/h2-4,7,12,15,22H,5-6,8-10H2,1H3,(H,19,20). The van der Waals surface area contributed by atoms with Crippen molar-refractivity contribution in [2.75, 3.05) is 26.3 Å². The van der Waals surface area contributed by atoms with Gasteiger partial charge in [-0.05, 0) is 31.5 Å². The molecule has 1 amide bonds. The molecular weight excluding hydrogens is 322 g/mol. The zero-order valence-corrected chi connectivity index (χ0v) is 14.1. The quantitative estimate of drug-likeness (QED) is 0.873. The number of aliphatic hydroxyl groups excluding tert-OH is 1. The minimum Gasteiger partial charge on any atom is -0.486 e. The van der Waals surface area contributed by atoms with Gasteiger partial charge in [-0.3, -0.25) is 9.89 Å². The second-order valence-corrected chi connectivity index (χ2v) is 6.61. The van der Waals surface area contributed by atoms with Crippen LogP contribution in [0.2, 0.25) is 0 Å². The van der Waals surface area contributed by atoms with E-state index >= 15 is 0 Å². The Kier molecular flexibility index (Phi) is 4.09. The first-order valence-electron chi connectivity index (χ1n) is 8.48. The Morgan fingerprint density at radius 3 is 3.00 bits per heavy atom. The maximum atomic E-state index is 12.9. The van der Waals surface area contributed by atoms with Crippen molar-refractivity contribution in [3.8, 4) is 11.5 Å². The SMILES string of the molecule is Cc1cc(CC2CN(C(=O)c3cccc4c3OCCO4)CC2O)n[nH]1. The van der Waals surface area contributed by atoms with Gasteiger partial charge in [-0.1, -0.05) is 6.07 Å². The van der Waals surface area contributed by atoms with Crippen molar-refractivity contribution in [1.29, 1.82) is 0 Å². The van der Waals surface area contributed by atoms with E-state index in [9.17, 15) is 9.90 Å². The molecule has 1 saturated heterocycles. The number of ether oxygens (including phenoxy) is 2. The van der Waals surface area contributed by atoms with Crippen LogP contribution in [-0.2, 0) is 6.42 Å². The van der Waals surface area contributed by atoms with Gasteiger partial charge in [0, 0.05) is 24.7 Å². The van der Waals surface area contributed by atoms with E-state index in [0.717, 1.165) is 11.4 Å². The number of aromatic amines is 1. The van der Waals surface area contributed by atoms with Crippen LogP contribution in [0.5, 0.6) is 11.5 Å². The Morgan fingerprint density at radius 2 is 2.20 bits per heavy atom. The van der Waals surface area contributed by atoms with E-state index in [1.54, 1.807) is 23.1 Å². The Morgan fingerprint density at radius 1 is 1.36 bits per heavy atom. The summed E-state index contributed by atoms with van der Waals surface area (Å²) in [5.41, 5.74) is 2.38. The third-order valence-electron chi connectivity index (χ3n) is 4.72. The van der Waals surface area contributed by atoms with Crippen molar-refractivity contribution >= 4 is 5.91 Å². The van der Waals surface area contributed by atoms with Gasteiger partial charge in [0.05, 0.1) is 17.4 Å². The van der Waals surface area contributed by atoms with Crippen LogP contribution < -0.4 is 9.47 Å². The first-order chi connectivity index (χ1) is 12.1. The van der Waals surface area contributed by atoms with Gasteiger partial charge in [-0.15, -0.1) is 0 Å². The number of carbonyl (C=O) groups is 1. The van der Waals surface area contributed by atoms with E-state index < -0.39 is 6.10 Å². The van der Waals surface area contributed by atoms with Gasteiger partial charge < -0.3 is 19.5 Å². The van der Waals surface area contributed by atoms with Gasteiger partial charge in [0.1, 0.15) is 13.2 Å². The molecule has 2 aliphatic heterocycles. The molecule has 0 spiro atoms. The van der Waals surface area contributed by atoms with Crippen LogP contribution in [0.3, 0.4) is 0 Å². The summed E-state index contributed by atoms with van der Waals surface area (Å²) >= 11 is 0. The molecule has 2 aromatic rings. The smallest absolute Gasteiger partial charge is 0.257 e. The summed E-state index contributed by atoms with van der Waals surface area (Å²) in [6.07, 6.45) is 0.0829. The van der Waals surface area contributed by atoms with Crippen molar-refractivity contribution in [3.05, 3.63) is 41.2 Å².